The second-order valence-corrected chi connectivity index (χ2v) is 4.12. The van der Waals surface area contributed by atoms with Crippen LogP contribution >= 0.6 is 11.6 Å². The van der Waals surface area contributed by atoms with E-state index in [1.54, 1.807) is 0 Å². The van der Waals surface area contributed by atoms with Crippen LogP contribution in [0.2, 0.25) is 5.02 Å². The van der Waals surface area contributed by atoms with Crippen LogP contribution in [-0.2, 0) is 6.18 Å². The van der Waals surface area contributed by atoms with E-state index in [1.807, 2.05) is 0 Å². The maximum Gasteiger partial charge on any atom is 0.433 e. The van der Waals surface area contributed by atoms with E-state index in [1.165, 1.54) is 0 Å². The molecule has 0 saturated carbocycles. The van der Waals surface area contributed by atoms with E-state index in [4.69, 9.17) is 16.7 Å². The predicted octanol–water partition coefficient (Wildman–Crippen LogP) is 3.64. The Morgan fingerprint density at radius 3 is 2.40 bits per heavy atom. The third-order valence-corrected chi connectivity index (χ3v) is 2.81. The molecule has 0 aliphatic rings. The van der Waals surface area contributed by atoms with Crippen LogP contribution in [0.25, 0.3) is 5.52 Å². The first-order valence-electron chi connectivity index (χ1n) is 4.93. The highest BCUT2D eigenvalue weighted by Gasteiger charge is 2.36. The van der Waals surface area contributed by atoms with Crippen LogP contribution < -0.4 is 0 Å². The zero-order chi connectivity index (χ0) is 15.2. The minimum absolute atomic E-state index is 0.192. The number of carbonyl (C=O) groups is 1. The van der Waals surface area contributed by atoms with Gasteiger partial charge in [-0.05, 0) is 12.1 Å². The lowest BCUT2D eigenvalue weighted by Gasteiger charge is -2.11. The monoisotopic (exact) mass is 314 g/mol. The number of aromatic carboxylic acids is 1. The molecule has 10 heteroatoms. The Morgan fingerprint density at radius 1 is 1.35 bits per heavy atom. The van der Waals surface area contributed by atoms with Gasteiger partial charge in [0.05, 0.1) is 5.52 Å². The molecule has 0 aliphatic carbocycles. The average Bonchev–Trinajstić information content (AvgIpc) is 2.64. The lowest BCUT2D eigenvalue weighted by Crippen LogP contribution is -2.13. The van der Waals surface area contributed by atoms with Gasteiger partial charge in [-0.3, -0.25) is 0 Å². The summed E-state index contributed by atoms with van der Waals surface area (Å²) >= 11 is 5.57. The van der Waals surface area contributed by atoms with E-state index >= 15 is 0 Å². The van der Waals surface area contributed by atoms with Crippen molar-refractivity contribution < 1.29 is 31.9 Å². The first-order chi connectivity index (χ1) is 9.12. The highest BCUT2D eigenvalue weighted by molar-refractivity contribution is 6.36. The number of halogens is 6. The maximum absolute atomic E-state index is 12.8. The molecule has 2 rings (SSSR count). The zero-order valence-electron chi connectivity index (χ0n) is 9.25. The molecular weight excluding hydrogens is 311 g/mol. The molecule has 4 nitrogen and oxygen atoms in total. The molecule has 2 heterocycles. The number of aromatic nitrogens is 2. The van der Waals surface area contributed by atoms with Gasteiger partial charge in [-0.15, -0.1) is 0 Å². The van der Waals surface area contributed by atoms with Gasteiger partial charge >= 0.3 is 12.1 Å². The molecule has 0 bridgehead atoms. The third kappa shape index (κ3) is 2.28. The summed E-state index contributed by atoms with van der Waals surface area (Å²) in [6.07, 6.45) is -8.16. The quantitative estimate of drug-likeness (QED) is 0.861. The lowest BCUT2D eigenvalue weighted by molar-refractivity contribution is -0.142. The van der Waals surface area contributed by atoms with Crippen LogP contribution in [0.5, 0.6) is 0 Å². The number of hydrogen-bond acceptors (Lipinski definition) is 2. The molecule has 0 amide bonds. The fourth-order valence-corrected chi connectivity index (χ4v) is 1.86. The normalized spacial score (nSPS) is 12.3. The number of rotatable bonds is 2. The van der Waals surface area contributed by atoms with Crippen molar-refractivity contribution in [1.29, 1.82) is 0 Å². The number of hydrogen-bond donors (Lipinski definition) is 1. The predicted molar refractivity (Wildman–Crippen MR) is 57.1 cm³/mol. The zero-order valence-corrected chi connectivity index (χ0v) is 10.0. The molecule has 0 unspecified atom stereocenters. The molecule has 0 spiro atoms. The maximum atomic E-state index is 12.8. The van der Waals surface area contributed by atoms with Gasteiger partial charge in [0.1, 0.15) is 10.7 Å². The molecule has 0 saturated heterocycles. The van der Waals surface area contributed by atoms with Crippen LogP contribution in [0.1, 0.15) is 28.2 Å². The molecule has 108 valence electrons. The summed E-state index contributed by atoms with van der Waals surface area (Å²) in [5, 5.41) is 11.3. The van der Waals surface area contributed by atoms with Crippen LogP contribution in [0.4, 0.5) is 22.0 Å². The van der Waals surface area contributed by atoms with Crippen molar-refractivity contribution in [3.05, 3.63) is 34.1 Å². The summed E-state index contributed by atoms with van der Waals surface area (Å²) < 4.78 is 63.8. The van der Waals surface area contributed by atoms with Crippen molar-refractivity contribution in [1.82, 2.24) is 9.61 Å². The number of carboxylic acid groups (broad SMARTS) is 1. The van der Waals surface area contributed by atoms with Crippen molar-refractivity contribution in [3.63, 3.8) is 0 Å². The Balaban J connectivity index is 2.89. The van der Waals surface area contributed by atoms with Crippen molar-refractivity contribution in [3.8, 4) is 0 Å². The van der Waals surface area contributed by atoms with E-state index in [9.17, 15) is 26.7 Å². The standard InChI is InChI=1S/C10H4ClF5N2O2/c11-6-4-1-3(8(12)13)2-5(10(14,15)16)18(4)17-7(6)9(19)20/h1-2,8H,(H,19,20). The van der Waals surface area contributed by atoms with Gasteiger partial charge in [-0.1, -0.05) is 11.6 Å². The first-order valence-corrected chi connectivity index (χ1v) is 5.31. The Labute approximate surface area is 112 Å². The van der Waals surface area contributed by atoms with E-state index in [-0.39, 0.29) is 10.6 Å². The molecule has 20 heavy (non-hydrogen) atoms. The Morgan fingerprint density at radius 2 is 1.95 bits per heavy atom. The summed E-state index contributed by atoms with van der Waals surface area (Å²) in [6.45, 7) is 0. The highest BCUT2D eigenvalue weighted by atomic mass is 35.5. The summed E-state index contributed by atoms with van der Waals surface area (Å²) in [6, 6.07) is 0.869. The van der Waals surface area contributed by atoms with Gasteiger partial charge in [0.15, 0.2) is 5.69 Å². The summed E-state index contributed by atoms with van der Waals surface area (Å²) in [4.78, 5) is 10.8. The van der Waals surface area contributed by atoms with Crippen LogP contribution in [0, 0.1) is 0 Å². The highest BCUT2D eigenvalue weighted by Crippen LogP contribution is 2.35. The van der Waals surface area contributed by atoms with Gasteiger partial charge in [0.25, 0.3) is 6.43 Å². The topological polar surface area (TPSA) is 54.6 Å². The average molecular weight is 315 g/mol. The number of nitrogens with zero attached hydrogens (tertiary/aromatic N) is 2. The molecule has 0 radical (unpaired) electrons. The SMILES string of the molecule is O=C(O)c1nn2c(C(F)(F)F)cc(C(F)F)cc2c1Cl. The fourth-order valence-electron chi connectivity index (χ4n) is 1.60. The minimum atomic E-state index is -4.99. The van der Waals surface area contributed by atoms with Gasteiger partial charge in [-0.25, -0.2) is 18.1 Å². The summed E-state index contributed by atoms with van der Waals surface area (Å²) in [5.41, 5.74) is -3.85. The smallest absolute Gasteiger partial charge is 0.433 e. The molecule has 1 N–H and O–H groups in total. The molecule has 2 aromatic heterocycles. The number of fused-ring (bicyclic) bond motifs is 1. The van der Waals surface area contributed by atoms with Gasteiger partial charge < -0.3 is 5.11 Å². The summed E-state index contributed by atoms with van der Waals surface area (Å²) in [5.74, 6) is -1.66. The molecule has 0 aromatic carbocycles. The number of pyridine rings is 1. The second-order valence-electron chi connectivity index (χ2n) is 3.74. The van der Waals surface area contributed by atoms with Crippen LogP contribution in [0.3, 0.4) is 0 Å². The largest absolute Gasteiger partial charge is 0.476 e. The van der Waals surface area contributed by atoms with E-state index < -0.39 is 46.1 Å². The number of carboxylic acids is 1. The van der Waals surface area contributed by atoms with E-state index in [0.717, 1.165) is 0 Å². The Hall–Kier alpha value is -1.90. The molecule has 0 atom stereocenters. The lowest BCUT2D eigenvalue weighted by atomic mass is 10.2. The second kappa shape index (κ2) is 4.58. The molecule has 0 aliphatic heterocycles. The Kier molecular flexibility index (Phi) is 3.32. The number of alkyl halides is 5. The van der Waals surface area contributed by atoms with Crippen molar-refractivity contribution in [2.75, 3.05) is 0 Å². The molecular formula is C10H4ClF5N2O2. The van der Waals surface area contributed by atoms with Crippen LogP contribution in [-0.4, -0.2) is 20.7 Å². The summed E-state index contributed by atoms with van der Waals surface area (Å²) in [7, 11) is 0. The first kappa shape index (κ1) is 14.5. The third-order valence-electron chi connectivity index (χ3n) is 2.44. The van der Waals surface area contributed by atoms with Crippen molar-refractivity contribution in [2.24, 2.45) is 0 Å². The van der Waals surface area contributed by atoms with E-state index in [0.29, 0.717) is 6.07 Å². The Bertz CT molecular complexity index is 695. The van der Waals surface area contributed by atoms with Gasteiger partial charge in [0, 0.05) is 5.56 Å². The minimum Gasteiger partial charge on any atom is -0.476 e. The van der Waals surface area contributed by atoms with E-state index in [2.05, 4.69) is 5.10 Å². The fraction of sp³-hybridized carbons (Fsp3) is 0.200. The van der Waals surface area contributed by atoms with Gasteiger partial charge in [0.2, 0.25) is 0 Å². The van der Waals surface area contributed by atoms with Crippen molar-refractivity contribution in [2.45, 2.75) is 12.6 Å². The van der Waals surface area contributed by atoms with Crippen molar-refractivity contribution >= 4 is 23.1 Å². The molecule has 0 fully saturated rings. The van der Waals surface area contributed by atoms with Crippen LogP contribution in [0.15, 0.2) is 12.1 Å². The molecule has 2 aromatic rings. The van der Waals surface area contributed by atoms with Gasteiger partial charge in [-0.2, -0.15) is 18.3 Å².